The molecule has 0 bridgehead atoms. The van der Waals surface area contributed by atoms with Crippen LogP contribution in [0.25, 0.3) is 0 Å². The Morgan fingerprint density at radius 1 is 1.27 bits per heavy atom. The van der Waals surface area contributed by atoms with Crippen molar-refractivity contribution < 1.29 is 24.2 Å². The number of nitrogens with zero attached hydrogens (tertiary/aromatic N) is 2. The average molecular weight is 428 g/mol. The summed E-state index contributed by atoms with van der Waals surface area (Å²) >= 11 is 0. The Morgan fingerprint density at radius 3 is 2.27 bits per heavy atom. The topological polar surface area (TPSA) is 99.2 Å². The summed E-state index contributed by atoms with van der Waals surface area (Å²) in [5.74, 6) is -1.55. The van der Waals surface area contributed by atoms with Gasteiger partial charge in [0.05, 0.1) is 24.1 Å². The number of carboxylic acid groups (broad SMARTS) is 1. The van der Waals surface area contributed by atoms with Gasteiger partial charge in [-0.2, -0.15) is 0 Å². The van der Waals surface area contributed by atoms with Gasteiger partial charge in [0.1, 0.15) is 0 Å². The van der Waals surface area contributed by atoms with Crippen LogP contribution in [-0.2, 0) is 19.1 Å². The zero-order chi connectivity index (χ0) is 23.2. The number of nitrogens with one attached hydrogen (secondary N) is 1. The first-order valence-electron chi connectivity index (χ1n) is 10.9. The van der Waals surface area contributed by atoms with E-state index in [1.54, 1.807) is 0 Å². The molecule has 0 unspecified atom stereocenters. The number of methoxy groups -OCH3 is 1. The monoisotopic (exact) mass is 427 g/mol. The molecule has 174 valence electrons. The summed E-state index contributed by atoms with van der Waals surface area (Å²) in [4.78, 5) is 41.4. The summed E-state index contributed by atoms with van der Waals surface area (Å²) in [6.07, 6.45) is 1.73. The van der Waals surface area contributed by atoms with Crippen molar-refractivity contribution in [3.05, 3.63) is 0 Å². The fraction of sp³-hybridized carbons (Fsp3) is 0.864. The number of likely N-dealkylation sites (tertiary alicyclic amines) is 1. The summed E-state index contributed by atoms with van der Waals surface area (Å²) in [6.45, 7) is 10.6. The zero-order valence-electron chi connectivity index (χ0n) is 19.9. The maximum Gasteiger partial charge on any atom is 0.306 e. The van der Waals surface area contributed by atoms with Crippen molar-refractivity contribution in [3.8, 4) is 0 Å². The minimum Gasteiger partial charge on any atom is -0.481 e. The minimum atomic E-state index is -0.943. The third kappa shape index (κ3) is 6.02. The molecule has 8 nitrogen and oxygen atoms in total. The second-order valence-electron chi connectivity index (χ2n) is 9.22. The molecule has 0 radical (unpaired) electrons. The molecule has 0 aromatic heterocycles. The van der Waals surface area contributed by atoms with Gasteiger partial charge >= 0.3 is 5.97 Å². The molecular formula is C22H41N3O5. The first-order valence-corrected chi connectivity index (χ1v) is 10.9. The molecule has 1 fully saturated rings. The van der Waals surface area contributed by atoms with E-state index in [4.69, 9.17) is 4.74 Å². The molecule has 2 N–H and O–H groups in total. The fourth-order valence-electron chi connectivity index (χ4n) is 4.64. The minimum absolute atomic E-state index is 0.0780. The van der Waals surface area contributed by atoms with Gasteiger partial charge in [-0.3, -0.25) is 29.5 Å². The summed E-state index contributed by atoms with van der Waals surface area (Å²) < 4.78 is 5.54. The summed E-state index contributed by atoms with van der Waals surface area (Å²) in [7, 11) is 5.22. The molecule has 1 heterocycles. The Labute approximate surface area is 181 Å². The highest BCUT2D eigenvalue weighted by Crippen LogP contribution is 2.28. The summed E-state index contributed by atoms with van der Waals surface area (Å²) in [5.41, 5.74) is -0.690. The molecule has 1 aliphatic rings. The van der Waals surface area contributed by atoms with Crippen molar-refractivity contribution in [2.45, 2.75) is 84.0 Å². The van der Waals surface area contributed by atoms with Gasteiger partial charge in [0.15, 0.2) is 0 Å². The second kappa shape index (κ2) is 11.2. The Kier molecular flexibility index (Phi) is 9.91. The van der Waals surface area contributed by atoms with Gasteiger partial charge in [0.2, 0.25) is 11.8 Å². The Morgan fingerprint density at radius 2 is 1.87 bits per heavy atom. The van der Waals surface area contributed by atoms with E-state index in [2.05, 4.69) is 5.32 Å². The molecule has 0 aromatic carbocycles. The predicted molar refractivity (Wildman–Crippen MR) is 116 cm³/mol. The lowest BCUT2D eigenvalue weighted by Gasteiger charge is -2.42. The number of amides is 2. The molecule has 0 aliphatic carbocycles. The molecular weight excluding hydrogens is 386 g/mol. The van der Waals surface area contributed by atoms with Crippen molar-refractivity contribution in [2.75, 3.05) is 27.7 Å². The lowest BCUT2D eigenvalue weighted by atomic mass is 9.88. The van der Waals surface area contributed by atoms with Crippen molar-refractivity contribution in [1.82, 2.24) is 15.1 Å². The van der Waals surface area contributed by atoms with E-state index in [0.29, 0.717) is 6.42 Å². The molecule has 1 saturated heterocycles. The van der Waals surface area contributed by atoms with E-state index in [1.165, 1.54) is 7.11 Å². The Hall–Kier alpha value is -1.51. The SMILES string of the molecule is CC[C@H](C)[C@@H]([C@@H](CC(=O)O)OC)N(C)[C@H](C(=O)NC(=O)[C@@]1(C)CCCN1C)C(C)C. The van der Waals surface area contributed by atoms with Crippen LogP contribution in [0.3, 0.4) is 0 Å². The molecule has 0 aromatic rings. The van der Waals surface area contributed by atoms with Gasteiger partial charge in [-0.25, -0.2) is 0 Å². The van der Waals surface area contributed by atoms with E-state index >= 15 is 0 Å². The first kappa shape index (κ1) is 26.5. The van der Waals surface area contributed by atoms with Crippen LogP contribution < -0.4 is 5.32 Å². The fourth-order valence-corrected chi connectivity index (χ4v) is 4.64. The van der Waals surface area contributed by atoms with Gasteiger partial charge in [-0.1, -0.05) is 34.1 Å². The quantitative estimate of drug-likeness (QED) is 0.520. The van der Waals surface area contributed by atoms with Crippen LogP contribution in [-0.4, -0.2) is 84.2 Å². The van der Waals surface area contributed by atoms with Crippen LogP contribution in [0.15, 0.2) is 0 Å². The Balaban J connectivity index is 3.13. The third-order valence-electron chi connectivity index (χ3n) is 6.82. The molecule has 0 spiro atoms. The van der Waals surface area contributed by atoms with E-state index in [-0.39, 0.29) is 36.1 Å². The van der Waals surface area contributed by atoms with Gasteiger partial charge in [0, 0.05) is 13.2 Å². The van der Waals surface area contributed by atoms with Gasteiger partial charge in [-0.15, -0.1) is 0 Å². The number of carboxylic acids is 1. The maximum absolute atomic E-state index is 13.2. The number of rotatable bonds is 11. The number of ether oxygens (including phenoxy) is 1. The van der Waals surface area contributed by atoms with E-state index in [9.17, 15) is 19.5 Å². The number of hydrogen-bond donors (Lipinski definition) is 2. The Bertz CT molecular complexity index is 612. The van der Waals surface area contributed by atoms with E-state index in [1.807, 2.05) is 58.5 Å². The third-order valence-corrected chi connectivity index (χ3v) is 6.82. The molecule has 8 heteroatoms. The molecule has 5 atom stereocenters. The molecule has 1 rings (SSSR count). The number of imide groups is 1. The lowest BCUT2D eigenvalue weighted by molar-refractivity contribution is -0.143. The smallest absolute Gasteiger partial charge is 0.306 e. The van der Waals surface area contributed by atoms with Crippen molar-refractivity contribution in [1.29, 1.82) is 0 Å². The van der Waals surface area contributed by atoms with Crippen LogP contribution in [0.5, 0.6) is 0 Å². The predicted octanol–water partition coefficient (Wildman–Crippen LogP) is 1.97. The first-order chi connectivity index (χ1) is 13.9. The maximum atomic E-state index is 13.2. The molecule has 1 aliphatic heterocycles. The van der Waals surface area contributed by atoms with E-state index < -0.39 is 23.7 Å². The highest BCUT2D eigenvalue weighted by molar-refractivity contribution is 6.02. The highest BCUT2D eigenvalue weighted by atomic mass is 16.5. The number of likely N-dealkylation sites (N-methyl/N-ethyl adjacent to an activating group) is 2. The van der Waals surface area contributed by atoms with Crippen LogP contribution in [0.1, 0.15) is 60.3 Å². The van der Waals surface area contributed by atoms with E-state index in [0.717, 1.165) is 19.4 Å². The van der Waals surface area contributed by atoms with Crippen molar-refractivity contribution in [2.24, 2.45) is 11.8 Å². The number of carbonyl (C=O) groups is 3. The molecule has 30 heavy (non-hydrogen) atoms. The van der Waals surface area contributed by atoms with Crippen LogP contribution >= 0.6 is 0 Å². The van der Waals surface area contributed by atoms with Crippen LogP contribution in [0, 0.1) is 11.8 Å². The molecule has 2 amide bonds. The number of carbonyl (C=O) groups excluding carboxylic acids is 2. The zero-order valence-corrected chi connectivity index (χ0v) is 19.9. The van der Waals surface area contributed by atoms with Gasteiger partial charge in [-0.05, 0) is 52.2 Å². The van der Waals surface area contributed by atoms with Crippen LogP contribution in [0.2, 0.25) is 0 Å². The van der Waals surface area contributed by atoms with Crippen molar-refractivity contribution >= 4 is 17.8 Å². The second-order valence-corrected chi connectivity index (χ2v) is 9.22. The summed E-state index contributed by atoms with van der Waals surface area (Å²) in [6, 6.07) is -0.871. The summed E-state index contributed by atoms with van der Waals surface area (Å²) in [5, 5.41) is 12.0. The van der Waals surface area contributed by atoms with Crippen LogP contribution in [0.4, 0.5) is 0 Å². The van der Waals surface area contributed by atoms with Crippen molar-refractivity contribution in [3.63, 3.8) is 0 Å². The number of hydrogen-bond acceptors (Lipinski definition) is 6. The average Bonchev–Trinajstić information content (AvgIpc) is 3.00. The van der Waals surface area contributed by atoms with Gasteiger partial charge < -0.3 is 9.84 Å². The highest BCUT2D eigenvalue weighted by Gasteiger charge is 2.44. The molecule has 0 saturated carbocycles. The number of aliphatic carboxylic acids is 1. The normalized spacial score (nSPS) is 23.9. The standard InChI is InChI=1S/C22H41N3O5/c1-9-15(4)19(16(30-8)13-17(26)27)25(7)18(14(2)3)20(28)23-21(29)22(5)11-10-12-24(22)6/h14-16,18-19H,9-13H2,1-8H3,(H,26,27)(H,23,28,29)/t15-,16+,18-,19-,22+/m0/s1. The largest absolute Gasteiger partial charge is 0.481 e. The van der Waals surface area contributed by atoms with Gasteiger partial charge in [0.25, 0.3) is 0 Å². The lowest BCUT2D eigenvalue weighted by Crippen LogP contribution is -2.61.